The number of fused-ring (bicyclic) bond motifs is 3. The Morgan fingerprint density at radius 3 is 1.73 bits per heavy atom. The van der Waals surface area contributed by atoms with Crippen LogP contribution in [0, 0.1) is 11.3 Å². The van der Waals surface area contributed by atoms with Gasteiger partial charge in [-0.05, 0) is 110 Å². The fraction of sp³-hybridized carbons (Fsp3) is 0.622. The molecule has 3 N–H and O–H groups in total. The predicted molar refractivity (Wildman–Crippen MR) is 463 cm³/mol. The number of nitrogens with zero attached hydrogens (tertiary/aromatic N) is 8. The highest BCUT2D eigenvalue weighted by atomic mass is 35.5. The number of rotatable bonds is 62. The molecule has 5 aromatic rings. The van der Waals surface area contributed by atoms with E-state index in [0.717, 1.165) is 103 Å². The van der Waals surface area contributed by atoms with E-state index in [2.05, 4.69) is 61.5 Å². The minimum atomic E-state index is -1.04. The monoisotopic (exact) mass is 1740 g/mol. The lowest BCUT2D eigenvalue weighted by molar-refractivity contribution is -0.137. The number of imide groups is 1. The molecule has 10 rings (SSSR count). The largest absolute Gasteiger partial charge is 0.462 e. The predicted octanol–water partition coefficient (Wildman–Crippen LogP) is 12.0. The molecule has 0 spiro atoms. The third-order valence-electron chi connectivity index (χ3n) is 22.1. The molecule has 0 aliphatic carbocycles. The molecule has 0 radical (unpaired) electrons. The second-order valence-corrected chi connectivity index (χ2v) is 31.8. The second-order valence-electron chi connectivity index (χ2n) is 30.9. The first-order valence-electron chi connectivity index (χ1n) is 43.8. The summed E-state index contributed by atoms with van der Waals surface area (Å²) < 4.78 is 88.6. The van der Waals surface area contributed by atoms with Gasteiger partial charge >= 0.3 is 12.0 Å². The number of aromatic nitrogens is 2. The molecule has 0 bridgehead atoms. The zero-order valence-corrected chi connectivity index (χ0v) is 72.4. The third-order valence-corrected chi connectivity index (χ3v) is 22.6. The smallest absolute Gasteiger partial charge is 0.319 e. The van der Waals surface area contributed by atoms with Crippen LogP contribution in [0.15, 0.2) is 85.2 Å². The van der Waals surface area contributed by atoms with Crippen molar-refractivity contribution >= 4 is 80.8 Å². The van der Waals surface area contributed by atoms with Gasteiger partial charge in [0, 0.05) is 97.8 Å². The van der Waals surface area contributed by atoms with Crippen LogP contribution in [0.5, 0.6) is 6.01 Å². The van der Waals surface area contributed by atoms with Crippen molar-refractivity contribution in [1.29, 1.82) is 5.26 Å². The van der Waals surface area contributed by atoms with E-state index in [1.54, 1.807) is 18.2 Å². The number of piperidine rings is 1. The number of ether oxygens (including phenoxy) is 13. The lowest BCUT2D eigenvalue weighted by Gasteiger charge is -2.42. The van der Waals surface area contributed by atoms with Crippen LogP contribution in [-0.4, -0.2) is 277 Å². The molecule has 3 fully saturated rings. The third kappa shape index (κ3) is 33.3. The van der Waals surface area contributed by atoms with E-state index in [1.807, 2.05) is 36.4 Å². The van der Waals surface area contributed by atoms with Crippen molar-refractivity contribution in [2.75, 3.05) is 220 Å². The molecule has 0 saturated carbocycles. The maximum Gasteiger partial charge on any atom is 0.319 e. The highest BCUT2D eigenvalue weighted by Crippen LogP contribution is 2.38. The molecule has 670 valence electrons. The van der Waals surface area contributed by atoms with Crippen molar-refractivity contribution in [3.8, 4) is 12.1 Å². The second kappa shape index (κ2) is 55.5. The number of nitrogens with one attached hydrogen (secondary N) is 3. The number of anilines is 3. The summed E-state index contributed by atoms with van der Waals surface area (Å²) in [6.07, 6.45) is 18.6. The standard InChI is InChI=1S/C90H126Cl2FN11O18/c1-68(93)87(107)103-33-32-102(65-75(103)27-29-94)85-78-28-31-101(81-22-15-19-71-18-14-21-79(92)84(71)81)66-80(78)97-90(99-85)122-67-76-20-16-30-100(76)34-36-111-38-40-113-42-44-115-46-48-117-50-52-119-54-56-121-58-57-120-55-53-118-51-49-116-47-45-114-43-41-112-39-37-110-35-13-11-9-7-5-3-2-4-6-8-10-12-17-69-60-73(91)62-74(61-69)96-89(109)95-63-70-23-24-77-72(59-70)64-104(88(77)108)82-25-26-83(105)98-86(82)106/h14-15,18-19,21-24,59-62,75-76,82H,1-13,16-17,20,25-28,30-58,63-67H2,(H2,95,96,109)(H,98,105,106)/t75-,76-,82?/m0/s1. The summed E-state index contributed by atoms with van der Waals surface area (Å²) in [5.74, 6) is -2.13. The number of benzene rings is 4. The molecule has 32 heteroatoms. The minimum Gasteiger partial charge on any atom is -0.462 e. The molecule has 3 saturated heterocycles. The van der Waals surface area contributed by atoms with E-state index in [0.29, 0.717) is 225 Å². The summed E-state index contributed by atoms with van der Waals surface area (Å²) in [5, 5.41) is 21.1. The molecule has 4 aromatic carbocycles. The fourth-order valence-corrected chi connectivity index (χ4v) is 16.3. The van der Waals surface area contributed by atoms with Crippen LogP contribution < -0.4 is 30.5 Å². The average molecular weight is 1740 g/mol. The summed E-state index contributed by atoms with van der Waals surface area (Å²) in [5.41, 5.74) is 6.69. The highest BCUT2D eigenvalue weighted by molar-refractivity contribution is 6.36. The molecular weight excluding hydrogens is 1610 g/mol. The first-order chi connectivity index (χ1) is 59.8. The first-order valence-corrected chi connectivity index (χ1v) is 44.6. The van der Waals surface area contributed by atoms with E-state index in [9.17, 15) is 33.6 Å². The molecule has 1 unspecified atom stereocenters. The van der Waals surface area contributed by atoms with Crippen molar-refractivity contribution in [2.45, 2.75) is 160 Å². The Labute approximate surface area is 727 Å². The van der Waals surface area contributed by atoms with Crippen molar-refractivity contribution in [2.24, 2.45) is 0 Å². The molecule has 122 heavy (non-hydrogen) atoms. The zero-order chi connectivity index (χ0) is 85.6. The van der Waals surface area contributed by atoms with Crippen LogP contribution in [0.1, 0.15) is 147 Å². The number of unbranched alkanes of at least 4 members (excludes halogenated alkanes) is 11. The van der Waals surface area contributed by atoms with E-state index >= 15 is 0 Å². The summed E-state index contributed by atoms with van der Waals surface area (Å²) in [6, 6.07) is 24.2. The van der Waals surface area contributed by atoms with Crippen molar-refractivity contribution < 1.29 is 89.9 Å². The number of halogens is 3. The number of carbonyl (C=O) groups excluding carboxylic acids is 5. The van der Waals surface area contributed by atoms with Crippen molar-refractivity contribution in [3.63, 3.8) is 0 Å². The number of piperazine rings is 1. The SMILES string of the molecule is C=C(F)C(=O)N1CCN(c2nc(OC[C@@H]3CCCN3CCOCCOCCOCCOCCOCCOCCOCCOCCOCCOCCOCCOCCCCCCCCCCCCCCc3cc(Cl)cc(NC(=O)NCc4ccc5c(c4)CN(C4CCC(=O)NC4=O)C5=O)c3)nc3c2CCN(c2cccc4cccc(Cl)c24)C3)C[C@@H]1CC#N. The summed E-state index contributed by atoms with van der Waals surface area (Å²) in [7, 11) is 0. The first kappa shape index (κ1) is 96.4. The molecule has 29 nitrogen and oxygen atoms in total. The minimum absolute atomic E-state index is 0.0369. The van der Waals surface area contributed by atoms with Gasteiger partial charge in [-0.15, -0.1) is 0 Å². The molecule has 6 heterocycles. The number of hydrogen-bond acceptors (Lipinski definition) is 24. The van der Waals surface area contributed by atoms with Gasteiger partial charge in [-0.2, -0.15) is 15.2 Å². The summed E-state index contributed by atoms with van der Waals surface area (Å²) in [4.78, 5) is 82.5. The number of carbonyl (C=O) groups is 5. The van der Waals surface area contributed by atoms with Crippen LogP contribution in [-0.2, 0) is 104 Å². The summed E-state index contributed by atoms with van der Waals surface area (Å²) in [6.45, 7) is 19.8. The quantitative estimate of drug-likeness (QED) is 0.0185. The lowest BCUT2D eigenvalue weighted by atomic mass is 10.0. The lowest BCUT2D eigenvalue weighted by Crippen LogP contribution is -2.55. The number of likely N-dealkylation sites (tertiary alicyclic amines) is 1. The van der Waals surface area contributed by atoms with Gasteiger partial charge < -0.3 is 91.8 Å². The zero-order valence-electron chi connectivity index (χ0n) is 70.9. The van der Waals surface area contributed by atoms with Gasteiger partial charge in [0.1, 0.15) is 18.5 Å². The van der Waals surface area contributed by atoms with Gasteiger partial charge in [0.25, 0.3) is 11.8 Å². The normalized spacial score (nSPS) is 16.7. The van der Waals surface area contributed by atoms with E-state index in [-0.39, 0.29) is 62.4 Å². The number of urea groups is 1. The fourth-order valence-electron chi connectivity index (χ4n) is 15.7. The Hall–Kier alpha value is -7.81. The van der Waals surface area contributed by atoms with E-state index in [1.165, 1.54) is 67.6 Å². The van der Waals surface area contributed by atoms with Crippen LogP contribution in [0.25, 0.3) is 10.8 Å². The van der Waals surface area contributed by atoms with Crippen molar-refractivity contribution in [3.05, 3.63) is 129 Å². The highest BCUT2D eigenvalue weighted by Gasteiger charge is 2.40. The van der Waals surface area contributed by atoms with Gasteiger partial charge in [-0.25, -0.2) is 9.18 Å². The van der Waals surface area contributed by atoms with Crippen LogP contribution in [0.2, 0.25) is 10.0 Å². The summed E-state index contributed by atoms with van der Waals surface area (Å²) >= 11 is 13.2. The van der Waals surface area contributed by atoms with Crippen molar-refractivity contribution in [1.82, 2.24) is 35.3 Å². The van der Waals surface area contributed by atoms with Gasteiger partial charge in [0.2, 0.25) is 11.8 Å². The molecule has 5 aliphatic rings. The molecule has 5 aliphatic heterocycles. The molecule has 3 atom stereocenters. The maximum atomic E-state index is 14.1. The number of hydrogen-bond donors (Lipinski definition) is 3. The number of amides is 6. The molecular formula is C90H126Cl2FN11O18. The van der Waals surface area contributed by atoms with Gasteiger partial charge in [-0.1, -0.05) is 130 Å². The molecule has 1 aromatic heterocycles. The van der Waals surface area contributed by atoms with Gasteiger partial charge in [0.05, 0.1) is 188 Å². The van der Waals surface area contributed by atoms with Crippen LogP contribution in [0.4, 0.5) is 26.4 Å². The Balaban J connectivity index is 0.425. The molecule has 6 amide bonds. The van der Waals surface area contributed by atoms with Crippen LogP contribution >= 0.6 is 23.2 Å². The maximum absolute atomic E-state index is 14.1. The Kier molecular flexibility index (Phi) is 43.9. The Morgan fingerprint density at radius 2 is 1.15 bits per heavy atom. The van der Waals surface area contributed by atoms with E-state index < -0.39 is 29.7 Å². The Morgan fingerprint density at radius 1 is 0.582 bits per heavy atom. The topological polar surface area (TPSA) is 307 Å². The van der Waals surface area contributed by atoms with Gasteiger partial charge in [-0.3, -0.25) is 29.4 Å². The van der Waals surface area contributed by atoms with Crippen LogP contribution in [0.3, 0.4) is 0 Å². The average Bonchev–Trinajstić information content (AvgIpc) is 1.34. The number of nitriles is 1. The Bertz CT molecular complexity index is 4070. The van der Waals surface area contributed by atoms with E-state index in [4.69, 9.17) is 94.7 Å². The van der Waals surface area contributed by atoms with Gasteiger partial charge in [0.15, 0.2) is 5.83 Å². The number of aryl methyl sites for hydroxylation is 1.